The van der Waals surface area contributed by atoms with Crippen molar-refractivity contribution < 1.29 is 0 Å². The van der Waals surface area contributed by atoms with Crippen LogP contribution in [0.25, 0.3) is 76.5 Å². The van der Waals surface area contributed by atoms with Gasteiger partial charge < -0.3 is 0 Å². The molecule has 6 aromatic carbocycles. The molecular formula is C36H22N4S. The molecule has 4 nitrogen and oxygen atoms in total. The molecule has 0 saturated carbocycles. The van der Waals surface area contributed by atoms with Gasteiger partial charge in [0.05, 0.1) is 10.2 Å². The Balaban J connectivity index is 1.29. The van der Waals surface area contributed by atoms with Crippen molar-refractivity contribution in [2.24, 2.45) is 0 Å². The van der Waals surface area contributed by atoms with Gasteiger partial charge in [0.1, 0.15) is 5.01 Å². The number of hydrogen-bond acceptors (Lipinski definition) is 5. The van der Waals surface area contributed by atoms with Gasteiger partial charge in [-0.1, -0.05) is 115 Å². The number of benzene rings is 6. The minimum atomic E-state index is 0.649. The van der Waals surface area contributed by atoms with Gasteiger partial charge in [0.2, 0.25) is 0 Å². The van der Waals surface area contributed by atoms with E-state index in [9.17, 15) is 0 Å². The third-order valence-electron chi connectivity index (χ3n) is 7.33. The molecule has 0 aliphatic rings. The number of nitrogens with zero attached hydrogens (tertiary/aromatic N) is 4. The van der Waals surface area contributed by atoms with Crippen LogP contribution >= 0.6 is 11.3 Å². The third-order valence-corrected chi connectivity index (χ3v) is 8.48. The molecule has 0 saturated heterocycles. The normalized spacial score (nSPS) is 11.4. The highest BCUT2D eigenvalue weighted by atomic mass is 32.1. The van der Waals surface area contributed by atoms with Gasteiger partial charge in [-0.05, 0) is 34.4 Å². The Morgan fingerprint density at radius 2 is 0.951 bits per heavy atom. The van der Waals surface area contributed by atoms with E-state index in [4.69, 9.17) is 19.9 Å². The zero-order valence-corrected chi connectivity index (χ0v) is 22.7. The van der Waals surface area contributed by atoms with Gasteiger partial charge in [-0.15, -0.1) is 11.3 Å². The highest BCUT2D eigenvalue weighted by molar-refractivity contribution is 7.22. The lowest BCUT2D eigenvalue weighted by atomic mass is 10.1. The van der Waals surface area contributed by atoms with E-state index in [1.165, 1.54) is 10.8 Å². The van der Waals surface area contributed by atoms with E-state index in [2.05, 4.69) is 72.8 Å². The molecule has 0 atom stereocenters. The highest BCUT2D eigenvalue weighted by Crippen LogP contribution is 2.37. The number of fused-ring (bicyclic) bond motifs is 4. The standard InChI is InChI=1S/C36H22N4S/c1-3-10-25(11-4-1)33-38-34(26-12-5-2-6-13-26)40-35(39-33)28-17-16-24-19-20-31-32(30(24)22-28)41-36(37-31)29-18-15-23-9-7-8-14-27(23)21-29/h1-22H. The summed E-state index contributed by atoms with van der Waals surface area (Å²) in [6.45, 7) is 0. The van der Waals surface area contributed by atoms with E-state index in [-0.39, 0.29) is 0 Å². The molecule has 41 heavy (non-hydrogen) atoms. The van der Waals surface area contributed by atoms with Crippen LogP contribution in [0.2, 0.25) is 0 Å². The molecular weight excluding hydrogens is 520 g/mol. The van der Waals surface area contributed by atoms with Crippen molar-refractivity contribution in [1.29, 1.82) is 0 Å². The molecule has 2 heterocycles. The summed E-state index contributed by atoms with van der Waals surface area (Å²) >= 11 is 1.73. The summed E-state index contributed by atoms with van der Waals surface area (Å²) in [6.07, 6.45) is 0. The zero-order chi connectivity index (χ0) is 27.2. The first-order valence-electron chi connectivity index (χ1n) is 13.5. The van der Waals surface area contributed by atoms with E-state index < -0.39 is 0 Å². The van der Waals surface area contributed by atoms with Gasteiger partial charge >= 0.3 is 0 Å². The lowest BCUT2D eigenvalue weighted by Gasteiger charge is -2.09. The highest BCUT2D eigenvalue weighted by Gasteiger charge is 2.15. The van der Waals surface area contributed by atoms with Gasteiger partial charge in [0, 0.05) is 27.6 Å². The Hall–Kier alpha value is -5.26. The third kappa shape index (κ3) is 4.33. The predicted octanol–water partition coefficient (Wildman–Crippen LogP) is 9.46. The second kappa shape index (κ2) is 9.73. The van der Waals surface area contributed by atoms with E-state index in [0.717, 1.165) is 48.3 Å². The number of hydrogen-bond donors (Lipinski definition) is 0. The Labute approximate surface area is 240 Å². The van der Waals surface area contributed by atoms with Crippen molar-refractivity contribution >= 4 is 43.1 Å². The van der Waals surface area contributed by atoms with Gasteiger partial charge in [-0.25, -0.2) is 19.9 Å². The van der Waals surface area contributed by atoms with Gasteiger partial charge in [-0.2, -0.15) is 0 Å². The zero-order valence-electron chi connectivity index (χ0n) is 21.9. The van der Waals surface area contributed by atoms with E-state index in [1.54, 1.807) is 11.3 Å². The number of thiazole rings is 1. The molecule has 0 aliphatic heterocycles. The van der Waals surface area contributed by atoms with Crippen LogP contribution < -0.4 is 0 Å². The molecule has 0 unspecified atom stereocenters. The minimum absolute atomic E-state index is 0.649. The van der Waals surface area contributed by atoms with Crippen LogP contribution in [0.1, 0.15) is 0 Å². The van der Waals surface area contributed by atoms with Crippen LogP contribution in [0.15, 0.2) is 133 Å². The van der Waals surface area contributed by atoms with Crippen molar-refractivity contribution in [1.82, 2.24) is 19.9 Å². The van der Waals surface area contributed by atoms with E-state index in [0.29, 0.717) is 17.5 Å². The first-order valence-corrected chi connectivity index (χ1v) is 14.3. The van der Waals surface area contributed by atoms with Crippen LogP contribution in [0.4, 0.5) is 0 Å². The maximum atomic E-state index is 5.03. The Morgan fingerprint density at radius 1 is 0.390 bits per heavy atom. The fraction of sp³-hybridized carbons (Fsp3) is 0. The second-order valence-corrected chi connectivity index (χ2v) is 11.0. The number of aromatic nitrogens is 4. The van der Waals surface area contributed by atoms with E-state index in [1.807, 2.05) is 60.7 Å². The molecule has 0 fully saturated rings. The smallest absolute Gasteiger partial charge is 0.164 e. The maximum absolute atomic E-state index is 5.03. The van der Waals surface area contributed by atoms with E-state index >= 15 is 0 Å². The molecule has 0 N–H and O–H groups in total. The molecule has 0 bridgehead atoms. The van der Waals surface area contributed by atoms with Crippen molar-refractivity contribution in [3.05, 3.63) is 133 Å². The SMILES string of the molecule is c1ccc(-c2nc(-c3ccccc3)nc(-c3ccc4ccc5nc(-c6ccc7ccccc7c6)sc5c4c3)n2)cc1. The molecule has 0 amide bonds. The fourth-order valence-electron chi connectivity index (χ4n) is 5.23. The van der Waals surface area contributed by atoms with Gasteiger partial charge in [-0.3, -0.25) is 0 Å². The molecule has 0 aliphatic carbocycles. The monoisotopic (exact) mass is 542 g/mol. The molecule has 8 rings (SSSR count). The Bertz CT molecular complexity index is 2150. The Kier molecular flexibility index (Phi) is 5.61. The van der Waals surface area contributed by atoms with Crippen molar-refractivity contribution in [2.45, 2.75) is 0 Å². The summed E-state index contributed by atoms with van der Waals surface area (Å²) < 4.78 is 1.16. The molecule has 0 radical (unpaired) electrons. The molecule has 5 heteroatoms. The van der Waals surface area contributed by atoms with Crippen LogP contribution in [0, 0.1) is 0 Å². The lowest BCUT2D eigenvalue weighted by Crippen LogP contribution is -2.00. The average Bonchev–Trinajstić information content (AvgIpc) is 3.50. The van der Waals surface area contributed by atoms with Gasteiger partial charge in [0.15, 0.2) is 17.5 Å². The topological polar surface area (TPSA) is 51.6 Å². The quantitative estimate of drug-likeness (QED) is 0.222. The first kappa shape index (κ1) is 23.6. The fourth-order valence-corrected chi connectivity index (χ4v) is 6.31. The minimum Gasteiger partial charge on any atom is -0.236 e. The first-order chi connectivity index (χ1) is 20.3. The van der Waals surface area contributed by atoms with Crippen LogP contribution in [-0.4, -0.2) is 19.9 Å². The predicted molar refractivity (Wildman–Crippen MR) is 170 cm³/mol. The lowest BCUT2D eigenvalue weighted by molar-refractivity contribution is 1.07. The van der Waals surface area contributed by atoms with Crippen molar-refractivity contribution in [3.63, 3.8) is 0 Å². The molecule has 2 aromatic heterocycles. The summed E-state index contributed by atoms with van der Waals surface area (Å²) in [4.78, 5) is 19.7. The van der Waals surface area contributed by atoms with Crippen LogP contribution in [0.5, 0.6) is 0 Å². The summed E-state index contributed by atoms with van der Waals surface area (Å²) in [5, 5.41) is 5.77. The molecule has 192 valence electrons. The summed E-state index contributed by atoms with van der Waals surface area (Å²) in [7, 11) is 0. The molecule has 0 spiro atoms. The van der Waals surface area contributed by atoms with Crippen molar-refractivity contribution in [3.8, 4) is 44.7 Å². The largest absolute Gasteiger partial charge is 0.236 e. The van der Waals surface area contributed by atoms with Gasteiger partial charge in [0.25, 0.3) is 0 Å². The van der Waals surface area contributed by atoms with Crippen LogP contribution in [-0.2, 0) is 0 Å². The number of rotatable bonds is 4. The summed E-state index contributed by atoms with van der Waals surface area (Å²) in [5.41, 5.74) is 4.99. The molecule has 8 aromatic rings. The second-order valence-electron chi connectivity index (χ2n) is 9.97. The summed E-state index contributed by atoms with van der Waals surface area (Å²) in [5.74, 6) is 1.96. The summed E-state index contributed by atoms with van der Waals surface area (Å²) in [6, 6.07) is 45.8. The van der Waals surface area contributed by atoms with Crippen molar-refractivity contribution in [2.75, 3.05) is 0 Å². The maximum Gasteiger partial charge on any atom is 0.164 e. The Morgan fingerprint density at radius 3 is 1.66 bits per heavy atom. The average molecular weight is 543 g/mol. The van der Waals surface area contributed by atoms with Crippen LogP contribution in [0.3, 0.4) is 0 Å².